The van der Waals surface area contributed by atoms with Gasteiger partial charge in [0, 0.05) is 5.56 Å². The van der Waals surface area contributed by atoms with Crippen LogP contribution >= 0.6 is 0 Å². The van der Waals surface area contributed by atoms with Crippen LogP contribution in [0.15, 0.2) is 36.7 Å². The van der Waals surface area contributed by atoms with Gasteiger partial charge in [0.2, 0.25) is 0 Å². The van der Waals surface area contributed by atoms with Gasteiger partial charge < -0.3 is 15.2 Å². The van der Waals surface area contributed by atoms with Crippen LogP contribution in [0, 0.1) is 0 Å². The molecule has 3 N–H and O–H groups in total. The lowest BCUT2D eigenvalue weighted by atomic mass is 10.1. The second-order valence-corrected chi connectivity index (χ2v) is 5.46. The van der Waals surface area contributed by atoms with Gasteiger partial charge in [0.25, 0.3) is 5.91 Å². The zero-order valence-corrected chi connectivity index (χ0v) is 12.2. The summed E-state index contributed by atoms with van der Waals surface area (Å²) in [6.07, 6.45) is 6.11. The number of benzene rings is 1. The average molecular weight is 301 g/mol. The molecule has 1 aliphatic rings. The van der Waals surface area contributed by atoms with E-state index in [2.05, 4.69) is 15.5 Å². The number of aliphatic hydroxyl groups excluding tert-OH is 1. The number of carbonyl (C=O) groups excluding carboxylic acids is 1. The smallest absolute Gasteiger partial charge is 0.251 e. The van der Waals surface area contributed by atoms with Crippen molar-refractivity contribution in [1.82, 2.24) is 15.5 Å². The number of amides is 1. The summed E-state index contributed by atoms with van der Waals surface area (Å²) in [4.78, 5) is 12.3. The summed E-state index contributed by atoms with van der Waals surface area (Å²) in [5.41, 5.74) is 1.28. The van der Waals surface area contributed by atoms with Gasteiger partial charge in [0.15, 0.2) is 5.75 Å². The van der Waals surface area contributed by atoms with E-state index in [1.807, 2.05) is 0 Å². The Labute approximate surface area is 128 Å². The van der Waals surface area contributed by atoms with E-state index in [1.54, 1.807) is 36.7 Å². The van der Waals surface area contributed by atoms with Crippen molar-refractivity contribution in [2.75, 3.05) is 0 Å². The lowest BCUT2D eigenvalue weighted by Crippen LogP contribution is -2.42. The topological polar surface area (TPSA) is 87.2 Å². The van der Waals surface area contributed by atoms with Crippen LogP contribution in [0.4, 0.5) is 0 Å². The summed E-state index contributed by atoms with van der Waals surface area (Å²) in [6, 6.07) is 7.00. The Kier molecular flexibility index (Phi) is 4.39. The molecule has 0 spiro atoms. The number of H-pyrrole nitrogens is 1. The number of nitrogens with zero attached hydrogens (tertiary/aromatic N) is 1. The maximum absolute atomic E-state index is 12.3. The molecule has 1 fully saturated rings. The Bertz CT molecular complexity index is 627. The first-order chi connectivity index (χ1) is 10.8. The van der Waals surface area contributed by atoms with Crippen LogP contribution in [0.5, 0.6) is 5.75 Å². The summed E-state index contributed by atoms with van der Waals surface area (Å²) in [6.45, 7) is -0.0726. The fourth-order valence-corrected chi connectivity index (χ4v) is 2.77. The lowest BCUT2D eigenvalue weighted by Gasteiger charge is -2.21. The minimum atomic E-state index is -0.136. The van der Waals surface area contributed by atoms with E-state index < -0.39 is 0 Å². The fourth-order valence-electron chi connectivity index (χ4n) is 2.77. The van der Waals surface area contributed by atoms with Gasteiger partial charge in [0.1, 0.15) is 6.10 Å². The first-order valence-electron chi connectivity index (χ1n) is 7.42. The molecular formula is C16H19N3O3. The predicted octanol–water partition coefficient (Wildman–Crippen LogP) is 1.63. The Hall–Kier alpha value is -2.34. The van der Waals surface area contributed by atoms with Gasteiger partial charge in [-0.15, -0.1) is 0 Å². The van der Waals surface area contributed by atoms with Crippen molar-refractivity contribution >= 4 is 5.91 Å². The standard InChI is InChI=1S/C16H19N3O3/c20-10-11-3-1-4-12(7-11)16(21)19-14-5-2-6-15(14)22-13-8-17-18-9-13/h1,3-4,7-9,14-15,20H,2,5-6,10H2,(H,17,18)(H,19,21)/t14-,15+/m0/s1. The largest absolute Gasteiger partial charge is 0.485 e. The number of aromatic nitrogens is 2. The van der Waals surface area contributed by atoms with E-state index >= 15 is 0 Å². The van der Waals surface area contributed by atoms with Crippen molar-refractivity contribution in [3.8, 4) is 5.75 Å². The molecule has 0 radical (unpaired) electrons. The minimum absolute atomic E-state index is 0.0137. The number of rotatable bonds is 5. The highest BCUT2D eigenvalue weighted by Gasteiger charge is 2.30. The SMILES string of the molecule is O=C(N[C@H]1CCC[C@H]1Oc1cn[nH]c1)c1cccc(CO)c1. The molecule has 22 heavy (non-hydrogen) atoms. The third-order valence-corrected chi connectivity index (χ3v) is 3.90. The van der Waals surface area contributed by atoms with Crippen LogP contribution in [-0.2, 0) is 6.61 Å². The lowest BCUT2D eigenvalue weighted by molar-refractivity contribution is 0.0894. The number of ether oxygens (including phenoxy) is 1. The monoisotopic (exact) mass is 301 g/mol. The van der Waals surface area contributed by atoms with Crippen molar-refractivity contribution in [2.45, 2.75) is 38.0 Å². The highest BCUT2D eigenvalue weighted by Crippen LogP contribution is 2.24. The van der Waals surface area contributed by atoms with Crippen molar-refractivity contribution < 1.29 is 14.6 Å². The second kappa shape index (κ2) is 6.62. The number of hydrogen-bond donors (Lipinski definition) is 3. The highest BCUT2D eigenvalue weighted by atomic mass is 16.5. The first kappa shape index (κ1) is 14.6. The van der Waals surface area contributed by atoms with E-state index in [0.717, 1.165) is 24.8 Å². The number of hydrogen-bond acceptors (Lipinski definition) is 4. The van der Waals surface area contributed by atoms with Crippen molar-refractivity contribution in [3.05, 3.63) is 47.8 Å². The van der Waals surface area contributed by atoms with E-state index in [-0.39, 0.29) is 24.7 Å². The van der Waals surface area contributed by atoms with Crippen LogP contribution in [0.2, 0.25) is 0 Å². The fraction of sp³-hybridized carbons (Fsp3) is 0.375. The van der Waals surface area contributed by atoms with Gasteiger partial charge in [-0.05, 0) is 37.0 Å². The van der Waals surface area contributed by atoms with Gasteiger partial charge in [-0.3, -0.25) is 9.89 Å². The van der Waals surface area contributed by atoms with Crippen LogP contribution in [0.25, 0.3) is 0 Å². The molecular weight excluding hydrogens is 282 g/mol. The molecule has 0 saturated heterocycles. The van der Waals surface area contributed by atoms with E-state index in [0.29, 0.717) is 11.3 Å². The highest BCUT2D eigenvalue weighted by molar-refractivity contribution is 5.94. The molecule has 2 atom stereocenters. The molecule has 1 heterocycles. The molecule has 2 aromatic rings. The number of aliphatic hydroxyl groups is 1. The molecule has 6 heteroatoms. The number of aromatic amines is 1. The molecule has 1 aromatic heterocycles. The maximum atomic E-state index is 12.3. The van der Waals surface area contributed by atoms with Crippen LogP contribution in [0.1, 0.15) is 35.2 Å². The normalized spacial score (nSPS) is 20.8. The maximum Gasteiger partial charge on any atom is 0.251 e. The quantitative estimate of drug-likeness (QED) is 0.783. The molecule has 116 valence electrons. The summed E-state index contributed by atoms with van der Waals surface area (Å²) < 4.78 is 5.86. The second-order valence-electron chi connectivity index (χ2n) is 5.46. The molecule has 6 nitrogen and oxygen atoms in total. The van der Waals surface area contributed by atoms with Gasteiger partial charge >= 0.3 is 0 Å². The van der Waals surface area contributed by atoms with Crippen LogP contribution in [0.3, 0.4) is 0 Å². The summed E-state index contributed by atoms with van der Waals surface area (Å²) in [5.74, 6) is 0.552. The van der Waals surface area contributed by atoms with E-state index in [9.17, 15) is 4.79 Å². The molecule has 0 unspecified atom stereocenters. The third kappa shape index (κ3) is 3.28. The Morgan fingerprint density at radius 3 is 3.14 bits per heavy atom. The first-order valence-corrected chi connectivity index (χ1v) is 7.42. The Morgan fingerprint density at radius 1 is 1.45 bits per heavy atom. The van der Waals surface area contributed by atoms with E-state index in [4.69, 9.17) is 9.84 Å². The molecule has 0 bridgehead atoms. The van der Waals surface area contributed by atoms with Gasteiger partial charge in [-0.25, -0.2) is 0 Å². The Morgan fingerprint density at radius 2 is 2.36 bits per heavy atom. The van der Waals surface area contributed by atoms with Crippen molar-refractivity contribution in [2.24, 2.45) is 0 Å². The third-order valence-electron chi connectivity index (χ3n) is 3.90. The van der Waals surface area contributed by atoms with Crippen molar-refractivity contribution in [1.29, 1.82) is 0 Å². The van der Waals surface area contributed by atoms with Crippen molar-refractivity contribution in [3.63, 3.8) is 0 Å². The summed E-state index contributed by atoms with van der Waals surface area (Å²) in [5, 5.41) is 18.8. The molecule has 1 aromatic carbocycles. The van der Waals surface area contributed by atoms with Gasteiger partial charge in [-0.2, -0.15) is 5.10 Å². The average Bonchev–Trinajstić information content (AvgIpc) is 3.20. The minimum Gasteiger partial charge on any atom is -0.485 e. The Balaban J connectivity index is 1.64. The molecule has 1 amide bonds. The predicted molar refractivity (Wildman–Crippen MR) is 80.5 cm³/mol. The van der Waals surface area contributed by atoms with E-state index in [1.165, 1.54) is 0 Å². The summed E-state index contributed by atoms with van der Waals surface area (Å²) in [7, 11) is 0. The molecule has 3 rings (SSSR count). The summed E-state index contributed by atoms with van der Waals surface area (Å²) >= 11 is 0. The molecule has 1 saturated carbocycles. The van der Waals surface area contributed by atoms with Gasteiger partial charge in [0.05, 0.1) is 25.0 Å². The zero-order chi connectivity index (χ0) is 15.4. The number of nitrogens with one attached hydrogen (secondary N) is 2. The zero-order valence-electron chi connectivity index (χ0n) is 12.2. The van der Waals surface area contributed by atoms with Crippen LogP contribution < -0.4 is 10.1 Å². The van der Waals surface area contributed by atoms with Gasteiger partial charge in [-0.1, -0.05) is 12.1 Å². The number of carbonyl (C=O) groups is 1. The molecule has 0 aliphatic heterocycles. The molecule has 1 aliphatic carbocycles. The van der Waals surface area contributed by atoms with Crippen LogP contribution in [-0.4, -0.2) is 33.4 Å².